The molecule has 0 bridgehead atoms. The standard InChI is InChI=1S/C27H28FNO4/c1-17(2)27-23(13-12-21(30)14-22(31)15-26(32)33)24(18-8-10-20(28)11-9-18)16-25(29-27)19-6-4-3-5-7-19/h3-13,16-17,21-22,30-31H,14-15H2,1-2H3,(H,32,33)/b13-12+/t21-,22?/m1/s1. The number of benzene rings is 2. The molecular formula is C27H28FNO4. The van der Waals surface area contributed by atoms with Crippen molar-refractivity contribution in [2.75, 3.05) is 0 Å². The maximum Gasteiger partial charge on any atom is 0.305 e. The van der Waals surface area contributed by atoms with Gasteiger partial charge in [0.05, 0.1) is 30.0 Å². The van der Waals surface area contributed by atoms with Crippen molar-refractivity contribution in [3.05, 3.63) is 83.8 Å². The smallest absolute Gasteiger partial charge is 0.305 e. The molecule has 3 N–H and O–H groups in total. The van der Waals surface area contributed by atoms with Gasteiger partial charge in [-0.05, 0) is 35.2 Å². The molecule has 3 rings (SSSR count). The van der Waals surface area contributed by atoms with E-state index < -0.39 is 24.6 Å². The lowest BCUT2D eigenvalue weighted by molar-refractivity contribution is -0.139. The van der Waals surface area contributed by atoms with Crippen LogP contribution in [0.3, 0.4) is 0 Å². The zero-order valence-corrected chi connectivity index (χ0v) is 18.6. The molecule has 3 aromatic rings. The van der Waals surface area contributed by atoms with Crippen LogP contribution in [0, 0.1) is 5.82 Å². The fourth-order valence-corrected chi connectivity index (χ4v) is 3.66. The number of aliphatic carboxylic acids is 1. The molecule has 5 nitrogen and oxygen atoms in total. The van der Waals surface area contributed by atoms with Crippen LogP contribution in [-0.2, 0) is 4.79 Å². The van der Waals surface area contributed by atoms with Crippen molar-refractivity contribution in [2.24, 2.45) is 0 Å². The minimum Gasteiger partial charge on any atom is -0.481 e. The molecule has 2 atom stereocenters. The highest BCUT2D eigenvalue weighted by atomic mass is 19.1. The monoisotopic (exact) mass is 449 g/mol. The maximum atomic E-state index is 13.6. The molecular weight excluding hydrogens is 421 g/mol. The zero-order chi connectivity index (χ0) is 24.0. The van der Waals surface area contributed by atoms with E-state index in [9.17, 15) is 19.4 Å². The van der Waals surface area contributed by atoms with Crippen LogP contribution in [0.1, 0.15) is 43.9 Å². The van der Waals surface area contributed by atoms with Gasteiger partial charge in [0, 0.05) is 17.5 Å². The first-order chi connectivity index (χ1) is 15.7. The molecule has 0 fully saturated rings. The van der Waals surface area contributed by atoms with Gasteiger partial charge in [-0.25, -0.2) is 4.39 Å². The Morgan fingerprint density at radius 1 is 1.03 bits per heavy atom. The number of carboxylic acids is 1. The normalized spacial score (nSPS) is 13.4. The predicted octanol–water partition coefficient (Wildman–Crippen LogP) is 5.28. The lowest BCUT2D eigenvalue weighted by Crippen LogP contribution is -2.19. The highest BCUT2D eigenvalue weighted by Gasteiger charge is 2.18. The summed E-state index contributed by atoms with van der Waals surface area (Å²) in [5.41, 5.74) is 4.97. The number of nitrogens with zero attached hydrogens (tertiary/aromatic N) is 1. The number of aromatic nitrogens is 1. The average molecular weight is 450 g/mol. The minimum atomic E-state index is -1.15. The van der Waals surface area contributed by atoms with Gasteiger partial charge in [0.25, 0.3) is 0 Å². The van der Waals surface area contributed by atoms with E-state index in [1.54, 1.807) is 18.2 Å². The number of halogens is 1. The van der Waals surface area contributed by atoms with Crippen molar-refractivity contribution >= 4 is 12.0 Å². The fourth-order valence-electron chi connectivity index (χ4n) is 3.66. The third-order valence-electron chi connectivity index (χ3n) is 5.27. The Labute approximate surface area is 192 Å². The van der Waals surface area contributed by atoms with Gasteiger partial charge < -0.3 is 15.3 Å². The lowest BCUT2D eigenvalue weighted by atomic mass is 9.92. The number of carbonyl (C=O) groups is 1. The summed E-state index contributed by atoms with van der Waals surface area (Å²) in [7, 11) is 0. The molecule has 33 heavy (non-hydrogen) atoms. The summed E-state index contributed by atoms with van der Waals surface area (Å²) >= 11 is 0. The van der Waals surface area contributed by atoms with Gasteiger partial charge in [-0.15, -0.1) is 0 Å². The molecule has 0 spiro atoms. The summed E-state index contributed by atoms with van der Waals surface area (Å²) in [4.78, 5) is 15.7. The van der Waals surface area contributed by atoms with Crippen LogP contribution in [0.25, 0.3) is 28.5 Å². The van der Waals surface area contributed by atoms with Gasteiger partial charge in [0.15, 0.2) is 0 Å². The number of carboxylic acid groups (broad SMARTS) is 1. The van der Waals surface area contributed by atoms with E-state index >= 15 is 0 Å². The number of rotatable bonds is 9. The van der Waals surface area contributed by atoms with Crippen molar-refractivity contribution in [1.82, 2.24) is 4.98 Å². The summed E-state index contributed by atoms with van der Waals surface area (Å²) in [6.07, 6.45) is 0.561. The summed E-state index contributed by atoms with van der Waals surface area (Å²) < 4.78 is 13.6. The first-order valence-corrected chi connectivity index (χ1v) is 10.9. The SMILES string of the molecule is CC(C)c1nc(-c2ccccc2)cc(-c2ccc(F)cc2)c1/C=C/[C@@H](O)CC(O)CC(=O)O. The largest absolute Gasteiger partial charge is 0.481 e. The maximum absolute atomic E-state index is 13.6. The van der Waals surface area contributed by atoms with Crippen LogP contribution in [-0.4, -0.2) is 38.5 Å². The molecule has 172 valence electrons. The molecule has 0 aliphatic heterocycles. The highest BCUT2D eigenvalue weighted by molar-refractivity contribution is 5.80. The van der Waals surface area contributed by atoms with Crippen LogP contribution in [0.2, 0.25) is 0 Å². The Kier molecular flexibility index (Phi) is 8.09. The van der Waals surface area contributed by atoms with Gasteiger partial charge in [-0.3, -0.25) is 9.78 Å². The van der Waals surface area contributed by atoms with Gasteiger partial charge >= 0.3 is 5.97 Å². The highest BCUT2D eigenvalue weighted by Crippen LogP contribution is 2.34. The van der Waals surface area contributed by atoms with Crippen molar-refractivity contribution in [3.63, 3.8) is 0 Å². The molecule has 2 aromatic carbocycles. The summed E-state index contributed by atoms with van der Waals surface area (Å²) in [6.45, 7) is 4.05. The Balaban J connectivity index is 2.08. The average Bonchev–Trinajstić information content (AvgIpc) is 2.77. The van der Waals surface area contributed by atoms with Crippen molar-refractivity contribution in [3.8, 4) is 22.4 Å². The number of pyridine rings is 1. The Bertz CT molecular complexity index is 1110. The number of hydrogen-bond acceptors (Lipinski definition) is 4. The zero-order valence-electron chi connectivity index (χ0n) is 18.6. The molecule has 0 aliphatic rings. The van der Waals surface area contributed by atoms with E-state index in [0.29, 0.717) is 0 Å². The van der Waals surface area contributed by atoms with Crippen molar-refractivity contribution < 1.29 is 24.5 Å². The van der Waals surface area contributed by atoms with Crippen molar-refractivity contribution in [1.29, 1.82) is 0 Å². The van der Waals surface area contributed by atoms with Crippen LogP contribution in [0.15, 0.2) is 66.7 Å². The number of hydrogen-bond donors (Lipinski definition) is 3. The molecule has 0 aliphatic carbocycles. The van der Waals surface area contributed by atoms with Crippen LogP contribution < -0.4 is 0 Å². The molecule has 0 saturated heterocycles. The Morgan fingerprint density at radius 2 is 1.70 bits per heavy atom. The number of aliphatic hydroxyl groups is 2. The summed E-state index contributed by atoms with van der Waals surface area (Å²) in [5, 5.41) is 29.0. The second-order valence-electron chi connectivity index (χ2n) is 8.30. The van der Waals surface area contributed by atoms with E-state index in [4.69, 9.17) is 10.1 Å². The van der Waals surface area contributed by atoms with Crippen LogP contribution >= 0.6 is 0 Å². The molecule has 0 radical (unpaired) electrons. The third kappa shape index (κ3) is 6.57. The second kappa shape index (κ2) is 11.0. The van der Waals surface area contributed by atoms with Crippen molar-refractivity contribution in [2.45, 2.75) is 44.8 Å². The molecule has 6 heteroatoms. The number of aliphatic hydroxyl groups excluding tert-OH is 2. The fraction of sp³-hybridized carbons (Fsp3) is 0.259. The first kappa shape index (κ1) is 24.3. The Morgan fingerprint density at radius 3 is 2.30 bits per heavy atom. The molecule has 1 aromatic heterocycles. The van der Waals surface area contributed by atoms with Gasteiger partial charge in [-0.2, -0.15) is 0 Å². The third-order valence-corrected chi connectivity index (χ3v) is 5.27. The first-order valence-electron chi connectivity index (χ1n) is 10.9. The van der Waals surface area contributed by atoms with Gasteiger partial charge in [0.1, 0.15) is 5.82 Å². The van der Waals surface area contributed by atoms with E-state index in [1.807, 2.05) is 50.2 Å². The molecule has 0 saturated carbocycles. The van der Waals surface area contributed by atoms with Crippen LogP contribution in [0.4, 0.5) is 4.39 Å². The van der Waals surface area contributed by atoms with Gasteiger partial charge in [0.2, 0.25) is 0 Å². The summed E-state index contributed by atoms with van der Waals surface area (Å²) in [5.74, 6) is -1.40. The minimum absolute atomic E-state index is 0.0576. The second-order valence-corrected chi connectivity index (χ2v) is 8.30. The molecule has 1 heterocycles. The molecule has 0 amide bonds. The van der Waals surface area contributed by atoms with Gasteiger partial charge in [-0.1, -0.05) is 68.5 Å². The molecule has 1 unspecified atom stereocenters. The predicted molar refractivity (Wildman–Crippen MR) is 127 cm³/mol. The van der Waals surface area contributed by atoms with E-state index in [-0.39, 0.29) is 18.2 Å². The van der Waals surface area contributed by atoms with E-state index in [1.165, 1.54) is 18.2 Å². The Hall–Kier alpha value is -3.35. The van der Waals surface area contributed by atoms with Crippen LogP contribution in [0.5, 0.6) is 0 Å². The topological polar surface area (TPSA) is 90.7 Å². The van der Waals surface area contributed by atoms with E-state index in [0.717, 1.165) is 33.6 Å². The quantitative estimate of drug-likeness (QED) is 0.414. The van der Waals surface area contributed by atoms with E-state index in [2.05, 4.69) is 0 Å². The lowest BCUT2D eigenvalue weighted by Gasteiger charge is -2.18. The summed E-state index contributed by atoms with van der Waals surface area (Å²) in [6, 6.07) is 17.9.